The van der Waals surface area contributed by atoms with E-state index in [9.17, 15) is 0 Å². The molecule has 0 spiro atoms. The molecular formula is CH6FeNO3. The van der Waals surface area contributed by atoms with Crippen LogP contribution in [0.15, 0.2) is 0 Å². The third-order valence-electron chi connectivity index (χ3n) is 0. The van der Waals surface area contributed by atoms with Gasteiger partial charge in [0.2, 0.25) is 0 Å². The minimum Gasteiger partial charge on any atom is -0.412 e. The topological polar surface area (TPSA) is 118 Å². The molecule has 0 fully saturated rings. The Labute approximate surface area is 43.5 Å². The van der Waals surface area contributed by atoms with Crippen LogP contribution in [-0.2, 0) is 16.0 Å². The van der Waals surface area contributed by atoms with Crippen molar-refractivity contribution in [2.45, 2.75) is 0 Å². The predicted octanol–water partition coefficient (Wildman–Crippen LogP) is -2.46. The van der Waals surface area contributed by atoms with E-state index in [0.29, 0.717) is 0 Å². The van der Waals surface area contributed by atoms with Gasteiger partial charge in [0.25, 0.3) is 0 Å². The van der Waals surface area contributed by atoms with Crippen molar-refractivity contribution in [3.63, 3.8) is 0 Å². The maximum absolute atomic E-state index is 7.21. The first kappa shape index (κ1) is 39.4. The quantitative estimate of drug-likeness (QED) is 0.337. The molecule has 0 bridgehead atoms. The van der Waals surface area contributed by atoms with Crippen LogP contribution in [-0.4, -0.2) is 16.4 Å². The summed E-state index contributed by atoms with van der Waals surface area (Å²) in [5, 5.41) is 7.21. The molecule has 0 aromatic rings. The zero-order valence-corrected chi connectivity index (χ0v) is 3.90. The summed E-state index contributed by atoms with van der Waals surface area (Å²) in [6.07, 6.45) is 0. The van der Waals surface area contributed by atoms with Crippen molar-refractivity contribution in [3.8, 4) is 4.97 Å². The average Bonchev–Trinajstić information content (AvgIpc) is 0.918. The van der Waals surface area contributed by atoms with E-state index in [1.165, 1.54) is 4.97 Å². The van der Waals surface area contributed by atoms with E-state index in [1.807, 2.05) is 0 Å². The molecule has 0 unspecified atom stereocenters. The van der Waals surface area contributed by atoms with Gasteiger partial charge in [0, 0.05) is 0 Å². The number of nitriles is 1. The van der Waals surface area contributed by atoms with Gasteiger partial charge in [0.05, 0.1) is 0 Å². The van der Waals surface area contributed by atoms with Crippen LogP contribution < -0.4 is 0 Å². The van der Waals surface area contributed by atoms with Gasteiger partial charge in [-0.3, -0.25) is 0 Å². The molecule has 0 atom stereocenters. The predicted molar refractivity (Wildman–Crippen MR) is 16.5 cm³/mol. The number of nitrogens with zero attached hydrogens (tertiary/aromatic N) is 1. The van der Waals surface area contributed by atoms with Gasteiger partial charge in [0.15, 0.2) is 0 Å². The molecular weight excluding hydrogens is 130 g/mol. The van der Waals surface area contributed by atoms with Gasteiger partial charge >= 0.3 is 26.2 Å². The van der Waals surface area contributed by atoms with E-state index in [-0.39, 0.29) is 16.4 Å². The van der Waals surface area contributed by atoms with Crippen LogP contribution in [0.4, 0.5) is 0 Å². The fraction of sp³-hybridized carbons (Fsp3) is 0. The van der Waals surface area contributed by atoms with Gasteiger partial charge in [-0.1, -0.05) is 0 Å². The minimum atomic E-state index is 0. The molecule has 4 nitrogen and oxygen atoms in total. The van der Waals surface area contributed by atoms with Gasteiger partial charge in [-0.15, -0.1) is 0 Å². The summed E-state index contributed by atoms with van der Waals surface area (Å²) in [5.41, 5.74) is 0. The number of rotatable bonds is 0. The summed E-state index contributed by atoms with van der Waals surface area (Å²) in [6.45, 7) is 0. The van der Waals surface area contributed by atoms with Crippen molar-refractivity contribution < 1.29 is 32.4 Å². The standard InChI is InChI=1S/CN.Fe.3H2O/c1-2;;;;/h;;3*1H2. The van der Waals surface area contributed by atoms with Crippen LogP contribution in [0.5, 0.6) is 0 Å². The van der Waals surface area contributed by atoms with Gasteiger partial charge in [-0.2, -0.15) is 0 Å². The second kappa shape index (κ2) is 93.5. The van der Waals surface area contributed by atoms with E-state index in [1.54, 1.807) is 0 Å². The van der Waals surface area contributed by atoms with Crippen LogP contribution in [0.3, 0.4) is 0 Å². The monoisotopic (exact) mass is 136 g/mol. The first-order valence-corrected chi connectivity index (χ1v) is 0.952. The van der Waals surface area contributed by atoms with Crippen LogP contribution in [0.25, 0.3) is 0 Å². The maximum Gasteiger partial charge on any atom is -0.412 e. The van der Waals surface area contributed by atoms with Crippen molar-refractivity contribution in [2.75, 3.05) is 0 Å². The Bertz CT molecular complexity index is 32.3. The molecule has 0 radical (unpaired) electrons. The minimum absolute atomic E-state index is 0. The Morgan fingerprint density at radius 1 is 1.17 bits per heavy atom. The molecule has 6 heavy (non-hydrogen) atoms. The molecule has 0 rings (SSSR count). The molecule has 0 aliphatic carbocycles. The van der Waals surface area contributed by atoms with E-state index < -0.39 is 0 Å². The smallest absolute Gasteiger partial charge is 0.412 e. The number of hydrogen-bond acceptors (Lipinski definition) is 1. The molecule has 0 heterocycles. The second-order valence-electron chi connectivity index (χ2n) is 0.0791. The van der Waals surface area contributed by atoms with E-state index in [2.05, 4.69) is 16.0 Å². The third kappa shape index (κ3) is 2660. The summed E-state index contributed by atoms with van der Waals surface area (Å²) >= 11 is 2.79. The molecule has 0 aliphatic heterocycles. The molecule has 0 aromatic carbocycles. The molecule has 0 aromatic heterocycles. The Balaban J connectivity index is -0.00000000667. The van der Waals surface area contributed by atoms with Crippen molar-refractivity contribution in [3.05, 3.63) is 0 Å². The van der Waals surface area contributed by atoms with E-state index in [4.69, 9.17) is 5.26 Å². The molecule has 0 saturated heterocycles. The Kier molecular flexibility index (Phi) is 615. The summed E-state index contributed by atoms with van der Waals surface area (Å²) in [6, 6.07) is 0. The van der Waals surface area contributed by atoms with Crippen LogP contribution in [0, 0.1) is 10.2 Å². The summed E-state index contributed by atoms with van der Waals surface area (Å²) in [5.74, 6) is 0. The third-order valence-corrected chi connectivity index (χ3v) is 0. The second-order valence-corrected chi connectivity index (χ2v) is 0.326. The maximum atomic E-state index is 7.21. The van der Waals surface area contributed by atoms with E-state index in [0.717, 1.165) is 0 Å². The van der Waals surface area contributed by atoms with Crippen molar-refractivity contribution in [1.29, 1.82) is 5.26 Å². The SMILES string of the molecule is N#[C][Fe].O.O.O. The van der Waals surface area contributed by atoms with Crippen molar-refractivity contribution >= 4 is 0 Å². The first-order chi connectivity index (χ1) is 1.41. The summed E-state index contributed by atoms with van der Waals surface area (Å²) < 4.78 is 0. The fourth-order valence-electron chi connectivity index (χ4n) is 0. The van der Waals surface area contributed by atoms with Crippen molar-refractivity contribution in [1.82, 2.24) is 0 Å². The van der Waals surface area contributed by atoms with E-state index >= 15 is 0 Å². The summed E-state index contributed by atoms with van der Waals surface area (Å²) in [4.78, 5) is 1.50. The number of hydrogen-bond donors (Lipinski definition) is 0. The van der Waals surface area contributed by atoms with Crippen LogP contribution >= 0.6 is 0 Å². The van der Waals surface area contributed by atoms with Gasteiger partial charge in [-0.25, -0.2) is 0 Å². The van der Waals surface area contributed by atoms with Crippen LogP contribution in [0.1, 0.15) is 0 Å². The first-order valence-electron chi connectivity index (χ1n) is 0.400. The van der Waals surface area contributed by atoms with Crippen molar-refractivity contribution in [2.24, 2.45) is 0 Å². The normalized spacial score (nSPS) is 1.33. The summed E-state index contributed by atoms with van der Waals surface area (Å²) in [7, 11) is 0. The zero-order valence-electron chi connectivity index (χ0n) is 2.80. The molecule has 41 valence electrons. The Morgan fingerprint density at radius 2 is 1.17 bits per heavy atom. The average molecular weight is 136 g/mol. The molecule has 0 saturated carbocycles. The largest absolute Gasteiger partial charge is 0.412 e. The Hall–Kier alpha value is -0.111. The van der Waals surface area contributed by atoms with Gasteiger partial charge < -0.3 is 16.4 Å². The molecule has 5 heteroatoms. The zero-order chi connectivity index (χ0) is 2.71. The molecule has 6 N–H and O–H groups in total. The fourth-order valence-corrected chi connectivity index (χ4v) is 0. The van der Waals surface area contributed by atoms with Gasteiger partial charge in [0.1, 0.15) is 0 Å². The molecule has 0 amide bonds. The van der Waals surface area contributed by atoms with Crippen LogP contribution in [0.2, 0.25) is 0 Å². The Morgan fingerprint density at radius 3 is 1.17 bits per heavy atom. The molecule has 0 aliphatic rings. The van der Waals surface area contributed by atoms with Gasteiger partial charge in [-0.05, 0) is 0 Å².